The molecule has 5 aliphatic carbocycles. The molecule has 7 nitrogen and oxygen atoms in total. The number of halogens is 1. The Hall–Kier alpha value is -3.26. The van der Waals surface area contributed by atoms with Gasteiger partial charge in [0.2, 0.25) is 11.8 Å². The van der Waals surface area contributed by atoms with Crippen molar-refractivity contribution in [2.45, 2.75) is 75.7 Å². The fraction of sp³-hybridized carbons (Fsp3) is 0.545. The molecule has 1 aromatic heterocycles. The van der Waals surface area contributed by atoms with Crippen LogP contribution in [-0.2, 0) is 32.6 Å². The van der Waals surface area contributed by atoms with E-state index < -0.39 is 11.5 Å². The van der Waals surface area contributed by atoms with Crippen molar-refractivity contribution >= 4 is 22.8 Å². The van der Waals surface area contributed by atoms with E-state index in [1.54, 1.807) is 12.1 Å². The Bertz CT molecular complexity index is 1550. The molecule has 8 heteroatoms. The number of imidazole rings is 1. The fourth-order valence-corrected chi connectivity index (χ4v) is 8.59. The highest BCUT2D eigenvalue weighted by Gasteiger charge is 2.63. The van der Waals surface area contributed by atoms with Crippen LogP contribution < -0.4 is 10.6 Å². The Kier molecular flexibility index (Phi) is 5.51. The number of fused-ring (bicyclic) bond motifs is 2. The predicted molar refractivity (Wildman–Crippen MR) is 152 cm³/mol. The number of benzene rings is 2. The van der Waals surface area contributed by atoms with Crippen molar-refractivity contribution in [1.29, 1.82) is 0 Å². The summed E-state index contributed by atoms with van der Waals surface area (Å²) in [7, 11) is 0. The van der Waals surface area contributed by atoms with E-state index in [9.17, 15) is 14.0 Å². The first-order chi connectivity index (χ1) is 19.8. The first-order valence-corrected chi connectivity index (χ1v) is 15.3. The minimum atomic E-state index is -0.860. The Morgan fingerprint density at radius 3 is 2.66 bits per heavy atom. The highest BCUT2D eigenvalue weighted by Crippen LogP contribution is 2.66. The summed E-state index contributed by atoms with van der Waals surface area (Å²) in [4.78, 5) is 35.6. The summed E-state index contributed by atoms with van der Waals surface area (Å²) in [6.07, 6.45) is 7.72. The third-order valence-electron chi connectivity index (χ3n) is 11.2. The van der Waals surface area contributed by atoms with Gasteiger partial charge in [0, 0.05) is 25.0 Å². The number of nitrogens with zero attached hydrogens (tertiary/aromatic N) is 1. The molecular formula is C33H37FN4O3. The van der Waals surface area contributed by atoms with E-state index in [0.29, 0.717) is 25.5 Å². The molecule has 41 heavy (non-hydrogen) atoms. The maximum absolute atomic E-state index is 14.2. The zero-order valence-corrected chi connectivity index (χ0v) is 23.5. The molecule has 9 rings (SSSR count). The number of aromatic nitrogens is 2. The quantitative estimate of drug-likeness (QED) is 0.382. The van der Waals surface area contributed by atoms with E-state index in [1.807, 2.05) is 31.2 Å². The molecule has 3 aromatic rings. The number of hydrogen-bond donors (Lipinski definition) is 3. The summed E-state index contributed by atoms with van der Waals surface area (Å²) in [5, 5.41) is 6.15. The predicted octanol–water partition coefficient (Wildman–Crippen LogP) is 4.44. The molecule has 1 aliphatic heterocycles. The molecule has 6 aliphatic rings. The number of carbonyl (C=O) groups is 2. The van der Waals surface area contributed by atoms with Crippen LogP contribution in [0.4, 0.5) is 4.39 Å². The molecule has 2 bridgehead atoms. The van der Waals surface area contributed by atoms with Gasteiger partial charge in [-0.05, 0) is 110 Å². The van der Waals surface area contributed by atoms with Gasteiger partial charge in [-0.15, -0.1) is 0 Å². The molecular weight excluding hydrogens is 519 g/mol. The van der Waals surface area contributed by atoms with Gasteiger partial charge in [-0.3, -0.25) is 9.59 Å². The van der Waals surface area contributed by atoms with Crippen molar-refractivity contribution < 1.29 is 18.7 Å². The SMILES string of the molecule is CCNC(=O)[C@H](NC(=O)C1(c2ccc3[nH]c(C[C@@H]4c5cc(F)ccc5CC45CC5)nc3c2)CCOC1)C12CC(C1)C2. The number of H-pyrrole nitrogens is 1. The van der Waals surface area contributed by atoms with Gasteiger partial charge in [-0.25, -0.2) is 9.37 Å². The van der Waals surface area contributed by atoms with E-state index in [4.69, 9.17) is 9.72 Å². The Balaban J connectivity index is 1.08. The van der Waals surface area contributed by atoms with Crippen molar-refractivity contribution in [3.63, 3.8) is 0 Å². The first-order valence-electron chi connectivity index (χ1n) is 15.3. The zero-order valence-electron chi connectivity index (χ0n) is 23.5. The van der Waals surface area contributed by atoms with Gasteiger partial charge < -0.3 is 20.4 Å². The van der Waals surface area contributed by atoms with Crippen LogP contribution in [0.15, 0.2) is 36.4 Å². The van der Waals surface area contributed by atoms with Gasteiger partial charge in [0.15, 0.2) is 0 Å². The van der Waals surface area contributed by atoms with Gasteiger partial charge in [0.1, 0.15) is 17.7 Å². The summed E-state index contributed by atoms with van der Waals surface area (Å²) in [6.45, 7) is 3.23. The van der Waals surface area contributed by atoms with Crippen molar-refractivity contribution in [3.05, 3.63) is 64.7 Å². The van der Waals surface area contributed by atoms with Crippen molar-refractivity contribution in [2.24, 2.45) is 16.7 Å². The van der Waals surface area contributed by atoms with Crippen LogP contribution in [0.2, 0.25) is 0 Å². The van der Waals surface area contributed by atoms with Crippen molar-refractivity contribution in [2.75, 3.05) is 19.8 Å². The molecule has 0 radical (unpaired) electrons. The van der Waals surface area contributed by atoms with Crippen LogP contribution in [0.1, 0.15) is 73.9 Å². The molecule has 1 spiro atoms. The first kappa shape index (κ1) is 25.5. The number of ether oxygens (including phenoxy) is 1. The summed E-state index contributed by atoms with van der Waals surface area (Å²) in [6, 6.07) is 10.8. The van der Waals surface area contributed by atoms with Crippen LogP contribution in [-0.4, -0.2) is 47.6 Å². The third-order valence-corrected chi connectivity index (χ3v) is 11.2. The van der Waals surface area contributed by atoms with Crippen LogP contribution in [0.25, 0.3) is 11.0 Å². The number of hydrogen-bond acceptors (Lipinski definition) is 4. The molecule has 3 N–H and O–H groups in total. The summed E-state index contributed by atoms with van der Waals surface area (Å²) in [5.41, 5.74) is 4.30. The maximum Gasteiger partial charge on any atom is 0.243 e. The lowest BCUT2D eigenvalue weighted by molar-refractivity contribution is -0.161. The monoisotopic (exact) mass is 556 g/mol. The molecule has 1 saturated heterocycles. The Labute approximate surface area is 239 Å². The van der Waals surface area contributed by atoms with Crippen molar-refractivity contribution in [3.8, 4) is 0 Å². The lowest BCUT2D eigenvalue weighted by Gasteiger charge is -2.64. The smallest absolute Gasteiger partial charge is 0.243 e. The van der Waals surface area contributed by atoms with Crippen molar-refractivity contribution in [1.82, 2.24) is 20.6 Å². The highest BCUT2D eigenvalue weighted by molar-refractivity contribution is 5.95. The van der Waals surface area contributed by atoms with E-state index in [1.165, 1.54) is 18.4 Å². The van der Waals surface area contributed by atoms with Crippen LogP contribution in [0, 0.1) is 22.6 Å². The average molecular weight is 557 g/mol. The minimum Gasteiger partial charge on any atom is -0.380 e. The summed E-state index contributed by atoms with van der Waals surface area (Å²) in [5.74, 6) is 1.47. The van der Waals surface area contributed by atoms with Crippen LogP contribution in [0.5, 0.6) is 0 Å². The molecule has 2 amide bonds. The number of likely N-dealkylation sites (N-methyl/N-ethyl adjacent to an activating group) is 1. The molecule has 5 fully saturated rings. The fourth-order valence-electron chi connectivity index (χ4n) is 8.59. The Morgan fingerprint density at radius 2 is 1.98 bits per heavy atom. The number of carbonyl (C=O) groups excluding carboxylic acids is 2. The van der Waals surface area contributed by atoms with Gasteiger partial charge >= 0.3 is 0 Å². The van der Waals surface area contributed by atoms with E-state index in [0.717, 1.165) is 60.1 Å². The average Bonchev–Trinajstić information content (AvgIpc) is 3.24. The number of aromatic amines is 1. The van der Waals surface area contributed by atoms with E-state index in [2.05, 4.69) is 15.6 Å². The number of amides is 2. The second kappa shape index (κ2) is 8.87. The third kappa shape index (κ3) is 3.82. The number of rotatable bonds is 8. The molecule has 4 saturated carbocycles. The van der Waals surface area contributed by atoms with Gasteiger partial charge in [-0.1, -0.05) is 12.1 Å². The second-order valence-electron chi connectivity index (χ2n) is 13.6. The Morgan fingerprint density at radius 1 is 1.15 bits per heavy atom. The zero-order chi connectivity index (χ0) is 28.0. The molecule has 3 atom stereocenters. The minimum absolute atomic E-state index is 0.0812. The lowest BCUT2D eigenvalue weighted by atomic mass is 9.41. The second-order valence-corrected chi connectivity index (χ2v) is 13.6. The molecule has 214 valence electrons. The van der Waals surface area contributed by atoms with Gasteiger partial charge in [-0.2, -0.15) is 0 Å². The maximum atomic E-state index is 14.2. The lowest BCUT2D eigenvalue weighted by Crippen LogP contribution is -2.69. The molecule has 2 aromatic carbocycles. The molecule has 2 heterocycles. The standard InChI is InChI=1S/C33H37FN4O3/c1-2-35-29(39)28(32-14-19(15-32)16-32)38-30(40)33(9-10-41-18-33)21-4-6-25-26(11-21)37-27(36-25)13-24-23-12-22(34)5-3-20(23)17-31(24)7-8-31/h3-6,11-12,19,24,28H,2,7-10,13-18H2,1H3,(H,35,39)(H,36,37)(H,38,40)/t19?,24-,28+,32?,33?/m1/s1. The molecule has 1 unspecified atom stereocenters. The summed E-state index contributed by atoms with van der Waals surface area (Å²) < 4.78 is 20.0. The van der Waals surface area contributed by atoms with E-state index >= 15 is 0 Å². The largest absolute Gasteiger partial charge is 0.380 e. The van der Waals surface area contributed by atoms with Crippen LogP contribution in [0.3, 0.4) is 0 Å². The number of nitrogens with one attached hydrogen (secondary N) is 3. The van der Waals surface area contributed by atoms with Crippen LogP contribution >= 0.6 is 0 Å². The highest BCUT2D eigenvalue weighted by atomic mass is 19.1. The summed E-state index contributed by atoms with van der Waals surface area (Å²) >= 11 is 0. The normalized spacial score (nSPS) is 30.9. The van der Waals surface area contributed by atoms with Gasteiger partial charge in [0.25, 0.3) is 0 Å². The van der Waals surface area contributed by atoms with E-state index in [-0.39, 0.29) is 41.0 Å². The topological polar surface area (TPSA) is 96.1 Å². The van der Waals surface area contributed by atoms with Gasteiger partial charge in [0.05, 0.1) is 23.1 Å².